The third-order valence-corrected chi connectivity index (χ3v) is 4.28. The van der Waals surface area contributed by atoms with Gasteiger partial charge in [-0.2, -0.15) is 0 Å². The van der Waals surface area contributed by atoms with Crippen LogP contribution in [0.1, 0.15) is 53.9 Å². The van der Waals surface area contributed by atoms with E-state index in [0.717, 1.165) is 6.42 Å². The van der Waals surface area contributed by atoms with Crippen molar-refractivity contribution in [2.45, 2.75) is 71.2 Å². The van der Waals surface area contributed by atoms with Gasteiger partial charge in [0, 0.05) is 5.92 Å². The first-order chi connectivity index (χ1) is 6.66. The van der Waals surface area contributed by atoms with Gasteiger partial charge in [-0.05, 0) is 52.4 Å². The van der Waals surface area contributed by atoms with Gasteiger partial charge in [-0.25, -0.2) is 0 Å². The number of hydrogen-bond acceptors (Lipinski definition) is 2. The highest BCUT2D eigenvalue weighted by molar-refractivity contribution is 5.05. The first-order valence-electron chi connectivity index (χ1n) is 6.05. The van der Waals surface area contributed by atoms with Crippen LogP contribution in [0.15, 0.2) is 0 Å². The molecule has 0 radical (unpaired) electrons. The van der Waals surface area contributed by atoms with Crippen LogP contribution in [0.3, 0.4) is 0 Å². The SMILES string of the molecule is CC1(C)CC(C(O)C2(C)CC2)C(C)(C)O1. The Hall–Kier alpha value is -0.0800. The summed E-state index contributed by atoms with van der Waals surface area (Å²) in [6, 6.07) is 0. The molecule has 2 aliphatic rings. The lowest BCUT2D eigenvalue weighted by Gasteiger charge is -2.33. The Labute approximate surface area is 93.0 Å². The summed E-state index contributed by atoms with van der Waals surface area (Å²) in [7, 11) is 0. The minimum absolute atomic E-state index is 0.0829. The van der Waals surface area contributed by atoms with E-state index in [9.17, 15) is 5.11 Å². The van der Waals surface area contributed by atoms with Crippen molar-refractivity contribution in [1.82, 2.24) is 0 Å². The molecule has 1 aliphatic heterocycles. The highest BCUT2D eigenvalue weighted by Gasteiger charge is 2.56. The Morgan fingerprint density at radius 1 is 1.13 bits per heavy atom. The van der Waals surface area contributed by atoms with Gasteiger partial charge in [-0.15, -0.1) is 0 Å². The third kappa shape index (κ3) is 1.94. The van der Waals surface area contributed by atoms with Gasteiger partial charge in [0.1, 0.15) is 0 Å². The second-order valence-corrected chi connectivity index (χ2v) is 6.87. The molecule has 1 heterocycles. The normalized spacial score (nSPS) is 37.6. The minimum atomic E-state index is -0.200. The van der Waals surface area contributed by atoms with E-state index in [0.29, 0.717) is 0 Å². The predicted octanol–water partition coefficient (Wildman–Crippen LogP) is 2.74. The lowest BCUT2D eigenvalue weighted by Crippen LogP contribution is -2.40. The van der Waals surface area contributed by atoms with Crippen molar-refractivity contribution >= 4 is 0 Å². The molecular formula is C13H24O2. The maximum Gasteiger partial charge on any atom is 0.0687 e. The van der Waals surface area contributed by atoms with Gasteiger partial charge in [0.2, 0.25) is 0 Å². The Bertz CT molecular complexity index is 264. The molecule has 0 aromatic rings. The quantitative estimate of drug-likeness (QED) is 0.762. The van der Waals surface area contributed by atoms with Crippen molar-refractivity contribution in [2.75, 3.05) is 0 Å². The van der Waals surface area contributed by atoms with Crippen LogP contribution in [0.5, 0.6) is 0 Å². The lowest BCUT2D eigenvalue weighted by molar-refractivity contribution is -0.0948. The maximum absolute atomic E-state index is 10.4. The van der Waals surface area contributed by atoms with E-state index in [1.54, 1.807) is 0 Å². The molecule has 1 aliphatic carbocycles. The molecule has 1 saturated heterocycles. The van der Waals surface area contributed by atoms with E-state index in [2.05, 4.69) is 34.6 Å². The summed E-state index contributed by atoms with van der Waals surface area (Å²) in [4.78, 5) is 0. The molecule has 2 heteroatoms. The Morgan fingerprint density at radius 2 is 1.67 bits per heavy atom. The van der Waals surface area contributed by atoms with Crippen LogP contribution in [0.4, 0.5) is 0 Å². The summed E-state index contributed by atoms with van der Waals surface area (Å²) in [6.45, 7) is 10.7. The van der Waals surface area contributed by atoms with E-state index >= 15 is 0 Å². The third-order valence-electron chi connectivity index (χ3n) is 4.28. The summed E-state index contributed by atoms with van der Waals surface area (Å²) in [5, 5.41) is 10.4. The second-order valence-electron chi connectivity index (χ2n) is 6.87. The van der Waals surface area contributed by atoms with Gasteiger partial charge in [0.15, 0.2) is 0 Å². The van der Waals surface area contributed by atoms with Gasteiger partial charge < -0.3 is 9.84 Å². The van der Waals surface area contributed by atoms with E-state index < -0.39 is 0 Å². The molecular weight excluding hydrogens is 188 g/mol. The number of rotatable bonds is 2. The molecule has 88 valence electrons. The first-order valence-corrected chi connectivity index (χ1v) is 6.05. The molecule has 0 amide bonds. The fourth-order valence-electron chi connectivity index (χ4n) is 3.08. The Kier molecular flexibility index (Phi) is 2.27. The smallest absolute Gasteiger partial charge is 0.0687 e. The van der Waals surface area contributed by atoms with Crippen molar-refractivity contribution in [1.29, 1.82) is 0 Å². The Balaban J connectivity index is 2.15. The zero-order valence-corrected chi connectivity index (χ0v) is 10.6. The lowest BCUT2D eigenvalue weighted by atomic mass is 9.77. The summed E-state index contributed by atoms with van der Waals surface area (Å²) in [6.07, 6.45) is 3.10. The molecule has 0 aromatic heterocycles. The highest BCUT2D eigenvalue weighted by Crippen LogP contribution is 2.55. The topological polar surface area (TPSA) is 29.5 Å². The van der Waals surface area contributed by atoms with Crippen LogP contribution in [-0.4, -0.2) is 22.4 Å². The van der Waals surface area contributed by atoms with Crippen LogP contribution in [0, 0.1) is 11.3 Å². The van der Waals surface area contributed by atoms with E-state index in [1.807, 2.05) is 0 Å². The van der Waals surface area contributed by atoms with Gasteiger partial charge in [-0.1, -0.05) is 6.92 Å². The molecule has 0 aromatic carbocycles. The number of ether oxygens (including phenoxy) is 1. The molecule has 1 saturated carbocycles. The summed E-state index contributed by atoms with van der Waals surface area (Å²) in [5.74, 6) is 0.278. The van der Waals surface area contributed by atoms with Gasteiger partial charge >= 0.3 is 0 Å². The minimum Gasteiger partial charge on any atom is -0.392 e. The van der Waals surface area contributed by atoms with E-state index in [-0.39, 0.29) is 28.6 Å². The zero-order valence-electron chi connectivity index (χ0n) is 10.6. The van der Waals surface area contributed by atoms with E-state index in [4.69, 9.17) is 4.74 Å². The predicted molar refractivity (Wildman–Crippen MR) is 60.7 cm³/mol. The van der Waals surface area contributed by atoms with Crippen molar-refractivity contribution in [3.8, 4) is 0 Å². The molecule has 2 atom stereocenters. The summed E-state index contributed by atoms with van der Waals surface area (Å²) >= 11 is 0. The van der Waals surface area contributed by atoms with Gasteiger partial charge in [0.05, 0.1) is 17.3 Å². The number of hydrogen-bond donors (Lipinski definition) is 1. The molecule has 2 nitrogen and oxygen atoms in total. The monoisotopic (exact) mass is 212 g/mol. The van der Waals surface area contributed by atoms with Gasteiger partial charge in [-0.3, -0.25) is 0 Å². The highest BCUT2D eigenvalue weighted by atomic mass is 16.5. The standard InChI is InChI=1S/C13H24O2/c1-11(2)8-9(12(3,4)15-11)10(14)13(5)6-7-13/h9-10,14H,6-8H2,1-5H3. The molecule has 1 N–H and O–H groups in total. The molecule has 2 fully saturated rings. The average molecular weight is 212 g/mol. The number of aliphatic hydroxyl groups excluding tert-OH is 1. The molecule has 2 rings (SSSR count). The molecule has 2 unspecified atom stereocenters. The van der Waals surface area contributed by atoms with Crippen LogP contribution < -0.4 is 0 Å². The molecule has 15 heavy (non-hydrogen) atoms. The van der Waals surface area contributed by atoms with E-state index in [1.165, 1.54) is 12.8 Å². The van der Waals surface area contributed by atoms with Crippen LogP contribution in [0.2, 0.25) is 0 Å². The number of aliphatic hydroxyl groups is 1. The van der Waals surface area contributed by atoms with Crippen molar-refractivity contribution in [2.24, 2.45) is 11.3 Å². The fourth-order valence-corrected chi connectivity index (χ4v) is 3.08. The van der Waals surface area contributed by atoms with Crippen LogP contribution in [0.25, 0.3) is 0 Å². The molecule has 0 bridgehead atoms. The van der Waals surface area contributed by atoms with Crippen molar-refractivity contribution < 1.29 is 9.84 Å². The Morgan fingerprint density at radius 3 is 2.00 bits per heavy atom. The van der Waals surface area contributed by atoms with Crippen LogP contribution >= 0.6 is 0 Å². The van der Waals surface area contributed by atoms with Gasteiger partial charge in [0.25, 0.3) is 0 Å². The maximum atomic E-state index is 10.4. The largest absolute Gasteiger partial charge is 0.392 e. The van der Waals surface area contributed by atoms with Crippen LogP contribution in [-0.2, 0) is 4.74 Å². The molecule has 0 spiro atoms. The van der Waals surface area contributed by atoms with Crippen molar-refractivity contribution in [3.63, 3.8) is 0 Å². The second kappa shape index (κ2) is 2.98. The first kappa shape index (κ1) is 11.4. The summed E-state index contributed by atoms with van der Waals surface area (Å²) in [5.41, 5.74) is -0.0966. The zero-order chi connectivity index (χ0) is 11.5. The fraction of sp³-hybridized carbons (Fsp3) is 1.00. The summed E-state index contributed by atoms with van der Waals surface area (Å²) < 4.78 is 6.03. The average Bonchev–Trinajstić information content (AvgIpc) is 2.72. The van der Waals surface area contributed by atoms with Crippen molar-refractivity contribution in [3.05, 3.63) is 0 Å².